The summed E-state index contributed by atoms with van der Waals surface area (Å²) in [6.07, 6.45) is 3.29. The molecule has 1 aromatic heterocycles. The Balaban J connectivity index is 1.70. The Bertz CT molecular complexity index is 763. The first-order valence-corrected chi connectivity index (χ1v) is 7.58. The fourth-order valence-corrected chi connectivity index (χ4v) is 2.82. The monoisotopic (exact) mass is 328 g/mol. The molecule has 1 atom stereocenters. The van der Waals surface area contributed by atoms with Gasteiger partial charge in [-0.15, -0.1) is 0 Å². The van der Waals surface area contributed by atoms with E-state index in [4.69, 9.17) is 9.86 Å². The van der Waals surface area contributed by atoms with E-state index >= 15 is 0 Å². The van der Waals surface area contributed by atoms with E-state index < -0.39 is 12.9 Å². The average Bonchev–Trinajstić information content (AvgIpc) is 3.07. The van der Waals surface area contributed by atoms with Crippen LogP contribution in [0.1, 0.15) is 17.5 Å². The van der Waals surface area contributed by atoms with Gasteiger partial charge in [0.25, 0.3) is 0 Å². The highest BCUT2D eigenvalue weighted by Crippen LogP contribution is 2.35. The van der Waals surface area contributed by atoms with Crippen LogP contribution in [-0.2, 0) is 17.8 Å². The van der Waals surface area contributed by atoms with Gasteiger partial charge in [0, 0.05) is 12.2 Å². The van der Waals surface area contributed by atoms with Gasteiger partial charge in [0.1, 0.15) is 24.1 Å². The van der Waals surface area contributed by atoms with Crippen molar-refractivity contribution in [2.75, 3.05) is 0 Å². The molecule has 0 unspecified atom stereocenters. The van der Waals surface area contributed by atoms with E-state index in [0.717, 1.165) is 11.1 Å². The van der Waals surface area contributed by atoms with Gasteiger partial charge in [-0.1, -0.05) is 23.4 Å². The molecule has 0 amide bonds. The lowest BCUT2D eigenvalue weighted by molar-refractivity contribution is -0.113. The number of fused-ring (bicyclic) bond motifs is 1. The second-order valence-corrected chi connectivity index (χ2v) is 5.80. The van der Waals surface area contributed by atoms with Gasteiger partial charge in [-0.3, -0.25) is 4.79 Å². The van der Waals surface area contributed by atoms with E-state index in [9.17, 15) is 9.82 Å². The van der Waals surface area contributed by atoms with Gasteiger partial charge in [-0.2, -0.15) is 5.10 Å². The molecule has 0 spiro atoms. The normalized spacial score (nSPS) is 17.3. The molecule has 1 aliphatic rings. The fourth-order valence-electron chi connectivity index (χ4n) is 2.82. The molecule has 8 nitrogen and oxygen atoms in total. The van der Waals surface area contributed by atoms with E-state index in [1.807, 2.05) is 25.1 Å². The van der Waals surface area contributed by atoms with Crippen molar-refractivity contribution in [2.24, 2.45) is 5.16 Å². The Labute approximate surface area is 138 Å². The second-order valence-electron chi connectivity index (χ2n) is 5.80. The van der Waals surface area contributed by atoms with Gasteiger partial charge in [0.05, 0.1) is 6.54 Å². The maximum Gasteiger partial charge on any atom is 0.526 e. The lowest BCUT2D eigenvalue weighted by atomic mass is 9.64. The zero-order valence-corrected chi connectivity index (χ0v) is 13.2. The van der Waals surface area contributed by atoms with Crippen molar-refractivity contribution >= 4 is 18.6 Å². The summed E-state index contributed by atoms with van der Waals surface area (Å²) in [6.45, 7) is 1.93. The predicted octanol–water partition coefficient (Wildman–Crippen LogP) is 0.862. The molecule has 3 rings (SSSR count). The third-order valence-electron chi connectivity index (χ3n) is 4.09. The molecule has 2 heterocycles. The first-order valence-electron chi connectivity index (χ1n) is 7.58. The molecule has 0 radical (unpaired) electrons. The number of benzene rings is 1. The van der Waals surface area contributed by atoms with Gasteiger partial charge in [0.15, 0.2) is 5.78 Å². The van der Waals surface area contributed by atoms with Crippen LogP contribution in [0.2, 0.25) is 5.82 Å². The standard InChI is InChI=1S/C15H17BN4O4/c1-10-3-2-4-11-5-12(16(22)24-15(10)11)6-14(21)13(19-23)7-20-9-17-8-18-20/h2-4,8-9,12,22-23H,5-7H2,1H3/b19-13-/t12-/m1/s1. The third kappa shape index (κ3) is 3.30. The minimum atomic E-state index is -1.08. The van der Waals surface area contributed by atoms with Gasteiger partial charge < -0.3 is 14.9 Å². The summed E-state index contributed by atoms with van der Waals surface area (Å²) in [6, 6.07) is 5.74. The Hall–Kier alpha value is -2.68. The number of nitrogens with zero attached hydrogens (tertiary/aromatic N) is 4. The van der Waals surface area contributed by atoms with E-state index in [2.05, 4.69) is 15.2 Å². The average molecular weight is 328 g/mol. The molecule has 0 bridgehead atoms. The number of oxime groups is 1. The molecule has 0 saturated heterocycles. The lowest BCUT2D eigenvalue weighted by Crippen LogP contribution is -2.36. The van der Waals surface area contributed by atoms with Crippen molar-refractivity contribution < 1.29 is 19.7 Å². The molecule has 124 valence electrons. The van der Waals surface area contributed by atoms with Crippen LogP contribution < -0.4 is 4.65 Å². The molecule has 24 heavy (non-hydrogen) atoms. The minimum absolute atomic E-state index is 0.0165. The third-order valence-corrected chi connectivity index (χ3v) is 4.09. The van der Waals surface area contributed by atoms with Crippen LogP contribution in [0.4, 0.5) is 0 Å². The van der Waals surface area contributed by atoms with Crippen molar-refractivity contribution in [1.82, 2.24) is 14.8 Å². The van der Waals surface area contributed by atoms with Crippen molar-refractivity contribution in [2.45, 2.75) is 32.1 Å². The fraction of sp³-hybridized carbons (Fsp3) is 0.333. The minimum Gasteiger partial charge on any atom is -0.536 e. The molecule has 0 saturated carbocycles. The molecule has 1 aromatic carbocycles. The van der Waals surface area contributed by atoms with Crippen LogP contribution in [0.15, 0.2) is 36.0 Å². The van der Waals surface area contributed by atoms with Crippen LogP contribution in [0.5, 0.6) is 5.75 Å². The Morgan fingerprint density at radius 2 is 2.38 bits per heavy atom. The zero-order chi connectivity index (χ0) is 17.1. The van der Waals surface area contributed by atoms with Crippen molar-refractivity contribution in [1.29, 1.82) is 0 Å². The molecule has 0 aliphatic carbocycles. The van der Waals surface area contributed by atoms with Crippen LogP contribution in [0, 0.1) is 6.92 Å². The van der Waals surface area contributed by atoms with Crippen LogP contribution in [0.3, 0.4) is 0 Å². The number of para-hydroxylation sites is 1. The summed E-state index contributed by atoms with van der Waals surface area (Å²) >= 11 is 0. The van der Waals surface area contributed by atoms with Crippen LogP contribution >= 0.6 is 0 Å². The molecule has 0 fully saturated rings. The van der Waals surface area contributed by atoms with Gasteiger partial charge >= 0.3 is 7.12 Å². The number of hydrogen-bond donors (Lipinski definition) is 2. The number of aromatic nitrogens is 3. The summed E-state index contributed by atoms with van der Waals surface area (Å²) < 4.78 is 6.96. The summed E-state index contributed by atoms with van der Waals surface area (Å²) in [5, 5.41) is 26.2. The molecule has 9 heteroatoms. The topological polar surface area (TPSA) is 110 Å². The molecular weight excluding hydrogens is 311 g/mol. The first-order chi connectivity index (χ1) is 11.6. The van der Waals surface area contributed by atoms with Crippen molar-refractivity contribution in [3.63, 3.8) is 0 Å². The number of Topliss-reactive ketones (excluding diaryl/α,β-unsaturated/α-hetero) is 1. The largest absolute Gasteiger partial charge is 0.536 e. The quantitative estimate of drug-likeness (QED) is 0.365. The van der Waals surface area contributed by atoms with Crippen molar-refractivity contribution in [3.05, 3.63) is 42.0 Å². The highest BCUT2D eigenvalue weighted by Gasteiger charge is 2.37. The van der Waals surface area contributed by atoms with Crippen molar-refractivity contribution in [3.8, 4) is 5.75 Å². The highest BCUT2D eigenvalue weighted by atomic mass is 16.5. The van der Waals surface area contributed by atoms with Gasteiger partial charge in [0.2, 0.25) is 0 Å². The number of carbonyl (C=O) groups excluding carboxylic acids is 1. The smallest absolute Gasteiger partial charge is 0.526 e. The van der Waals surface area contributed by atoms with E-state index in [1.165, 1.54) is 17.3 Å². The number of rotatable bonds is 5. The Morgan fingerprint density at radius 3 is 3.08 bits per heavy atom. The first kappa shape index (κ1) is 16.2. The second kappa shape index (κ2) is 6.83. The molecule has 2 aromatic rings. The highest BCUT2D eigenvalue weighted by molar-refractivity contribution is 6.49. The van der Waals surface area contributed by atoms with Gasteiger partial charge in [-0.25, -0.2) is 9.67 Å². The van der Waals surface area contributed by atoms with Gasteiger partial charge in [-0.05, 0) is 24.5 Å². The summed E-state index contributed by atoms with van der Waals surface area (Å²) in [5.74, 6) is -0.0941. The van der Waals surface area contributed by atoms with E-state index in [0.29, 0.717) is 12.2 Å². The van der Waals surface area contributed by atoms with E-state index in [1.54, 1.807) is 0 Å². The van der Waals surface area contributed by atoms with Crippen LogP contribution in [0.25, 0.3) is 0 Å². The predicted molar refractivity (Wildman–Crippen MR) is 86.1 cm³/mol. The Kier molecular flexibility index (Phi) is 4.61. The number of hydrogen-bond acceptors (Lipinski definition) is 7. The zero-order valence-electron chi connectivity index (χ0n) is 13.2. The summed E-state index contributed by atoms with van der Waals surface area (Å²) in [4.78, 5) is 16.1. The number of carbonyl (C=O) groups is 1. The molecule has 1 aliphatic heterocycles. The SMILES string of the molecule is Cc1cccc2c1OB(O)[C@@H](CC(=O)/C(Cn1cncn1)=N\O)C2. The molecule has 2 N–H and O–H groups in total. The Morgan fingerprint density at radius 1 is 1.54 bits per heavy atom. The lowest BCUT2D eigenvalue weighted by Gasteiger charge is -2.28. The summed E-state index contributed by atoms with van der Waals surface area (Å²) in [7, 11) is -1.08. The maximum atomic E-state index is 12.4. The maximum absolute atomic E-state index is 12.4. The molecular formula is C15H17BN4O4. The number of ketones is 1. The summed E-state index contributed by atoms with van der Waals surface area (Å²) in [5.41, 5.74) is 1.86. The van der Waals surface area contributed by atoms with E-state index in [-0.39, 0.29) is 24.5 Å². The van der Waals surface area contributed by atoms with Crippen LogP contribution in [-0.4, -0.2) is 43.6 Å². The number of aryl methyl sites for hydroxylation is 1.